The number of carbonyl (C=O) groups is 2. The second-order valence-corrected chi connectivity index (χ2v) is 12.0. The van der Waals surface area contributed by atoms with Crippen LogP contribution < -0.4 is 9.46 Å². The highest BCUT2D eigenvalue weighted by molar-refractivity contribution is 7.84. The third kappa shape index (κ3) is 6.54. The second-order valence-electron chi connectivity index (χ2n) is 9.96. The minimum atomic E-state index is -1.22. The van der Waals surface area contributed by atoms with E-state index >= 15 is 0 Å². The molecule has 0 aliphatic heterocycles. The fraction of sp³-hybridized carbons (Fsp3) is 0.276. The lowest BCUT2D eigenvalue weighted by Gasteiger charge is -2.18. The van der Waals surface area contributed by atoms with Crippen molar-refractivity contribution in [2.45, 2.75) is 52.0 Å². The van der Waals surface area contributed by atoms with Crippen molar-refractivity contribution in [2.75, 3.05) is 0 Å². The Balaban J connectivity index is 1.62. The van der Waals surface area contributed by atoms with E-state index in [-0.39, 0.29) is 23.6 Å². The van der Waals surface area contributed by atoms with Gasteiger partial charge >= 0.3 is 5.97 Å². The highest BCUT2D eigenvalue weighted by atomic mass is 32.2. The number of carboxylic acid groups (broad SMARTS) is 1. The van der Waals surface area contributed by atoms with Crippen LogP contribution in [0.5, 0.6) is 5.75 Å². The number of Topliss-reactive ketones (excluding diaryl/α,β-unsaturated/α-hetero) is 1. The van der Waals surface area contributed by atoms with Gasteiger partial charge in [-0.1, -0.05) is 12.1 Å². The van der Waals surface area contributed by atoms with Crippen LogP contribution in [0.1, 0.15) is 54.9 Å². The molecule has 38 heavy (non-hydrogen) atoms. The number of nitrogens with one attached hydrogen (secondary N) is 1. The molecule has 2 aromatic heterocycles. The minimum Gasteiger partial charge on any atom is -0.489 e. The lowest BCUT2D eigenvalue weighted by Crippen LogP contribution is -2.33. The first-order valence-electron chi connectivity index (χ1n) is 12.1. The molecule has 9 heteroatoms. The Labute approximate surface area is 223 Å². The highest BCUT2D eigenvalue weighted by Gasteiger charge is 2.19. The average molecular weight is 535 g/mol. The van der Waals surface area contributed by atoms with Crippen molar-refractivity contribution in [3.63, 3.8) is 0 Å². The number of carboxylic acids is 1. The monoisotopic (exact) mass is 534 g/mol. The fourth-order valence-corrected chi connectivity index (χ4v) is 4.63. The number of hydrogen-bond acceptors (Lipinski definition) is 6. The molecule has 2 N–H and O–H groups in total. The molecule has 0 aliphatic carbocycles. The summed E-state index contributed by atoms with van der Waals surface area (Å²) in [6, 6.07) is 14.4. The quantitative estimate of drug-likeness (QED) is 0.260. The number of carbonyl (C=O) groups excluding carboxylic acids is 1. The summed E-state index contributed by atoms with van der Waals surface area (Å²) in [6.07, 6.45) is 3.11. The van der Waals surface area contributed by atoms with E-state index in [0.717, 1.165) is 27.8 Å². The van der Waals surface area contributed by atoms with Crippen molar-refractivity contribution in [1.29, 1.82) is 0 Å². The number of benzene rings is 2. The summed E-state index contributed by atoms with van der Waals surface area (Å²) in [6.45, 7) is 7.67. The largest absolute Gasteiger partial charge is 0.489 e. The number of ketones is 1. The zero-order chi connectivity index (χ0) is 27.4. The Morgan fingerprint density at radius 3 is 2.61 bits per heavy atom. The first-order valence-corrected chi connectivity index (χ1v) is 13.3. The number of rotatable bonds is 10. The highest BCUT2D eigenvalue weighted by Crippen LogP contribution is 2.32. The van der Waals surface area contributed by atoms with Crippen LogP contribution in [0.2, 0.25) is 0 Å². The predicted molar refractivity (Wildman–Crippen MR) is 146 cm³/mol. The van der Waals surface area contributed by atoms with E-state index in [9.17, 15) is 18.9 Å². The van der Waals surface area contributed by atoms with Gasteiger partial charge in [-0.3, -0.25) is 14.6 Å². The van der Waals surface area contributed by atoms with E-state index in [4.69, 9.17) is 9.15 Å². The van der Waals surface area contributed by atoms with Crippen LogP contribution in [0.25, 0.3) is 22.1 Å². The van der Waals surface area contributed by atoms with Gasteiger partial charge in [-0.05, 0) is 75.2 Å². The molecule has 8 nitrogen and oxygen atoms in total. The van der Waals surface area contributed by atoms with Gasteiger partial charge in [-0.15, -0.1) is 0 Å². The van der Waals surface area contributed by atoms with Crippen LogP contribution in [0.4, 0.5) is 0 Å². The van der Waals surface area contributed by atoms with E-state index in [1.807, 2.05) is 51.1 Å². The summed E-state index contributed by atoms with van der Waals surface area (Å²) in [4.78, 5) is 27.6. The first kappa shape index (κ1) is 27.2. The summed E-state index contributed by atoms with van der Waals surface area (Å²) in [5.41, 5.74) is 4.95. The van der Waals surface area contributed by atoms with Gasteiger partial charge in [0.1, 0.15) is 17.9 Å². The standard InChI is InChI=1S/C29H30N2O6S/c1-18(32)20-5-6-22(15-27(33)34)26(14-20)37-17-19-11-23-8-10-36-28(23)25(12-19)21-7-9-30-24(13-21)16-31-38(35)29(2,3)4/h5-14,31H,15-17H2,1-4H3,(H,33,34). The second kappa shape index (κ2) is 11.3. The van der Waals surface area contributed by atoms with E-state index in [2.05, 4.69) is 9.71 Å². The van der Waals surface area contributed by atoms with Crippen LogP contribution in [0, 0.1) is 0 Å². The van der Waals surface area contributed by atoms with E-state index in [1.54, 1.807) is 30.7 Å². The van der Waals surface area contributed by atoms with Gasteiger partial charge in [-0.25, -0.2) is 8.93 Å². The smallest absolute Gasteiger partial charge is 0.307 e. The van der Waals surface area contributed by atoms with Gasteiger partial charge in [0.25, 0.3) is 0 Å². The van der Waals surface area contributed by atoms with Gasteiger partial charge in [0, 0.05) is 28.3 Å². The Morgan fingerprint density at radius 1 is 1.11 bits per heavy atom. The maximum atomic E-state index is 12.4. The van der Waals surface area contributed by atoms with Crippen LogP contribution in [-0.2, 0) is 35.4 Å². The number of ether oxygens (including phenoxy) is 1. The van der Waals surface area contributed by atoms with Crippen molar-refractivity contribution in [2.24, 2.45) is 0 Å². The van der Waals surface area contributed by atoms with Crippen molar-refractivity contribution in [3.05, 3.63) is 83.4 Å². The Hall–Kier alpha value is -3.82. The molecule has 1 atom stereocenters. The van der Waals surface area contributed by atoms with Crippen LogP contribution in [-0.4, -0.2) is 30.8 Å². The molecule has 4 rings (SSSR count). The summed E-state index contributed by atoms with van der Waals surface area (Å²) >= 11 is 0. The minimum absolute atomic E-state index is 0.131. The predicted octanol–water partition coefficient (Wildman–Crippen LogP) is 5.46. The molecular formula is C29H30N2O6S. The third-order valence-corrected chi connectivity index (χ3v) is 7.41. The van der Waals surface area contributed by atoms with Crippen molar-refractivity contribution in [3.8, 4) is 16.9 Å². The summed E-state index contributed by atoms with van der Waals surface area (Å²) in [5.74, 6) is -0.756. The number of pyridine rings is 1. The normalized spacial score (nSPS) is 12.4. The SMILES string of the molecule is CC(=O)c1ccc(CC(=O)O)c(OCc2cc(-c3ccnc(CNS(=O)C(C)(C)C)c3)c3occc3c2)c1. The molecule has 0 amide bonds. The van der Waals surface area contributed by atoms with Crippen LogP contribution in [0.15, 0.2) is 65.4 Å². The van der Waals surface area contributed by atoms with Crippen molar-refractivity contribution < 1.29 is 28.1 Å². The molecule has 0 radical (unpaired) electrons. The molecule has 1 unspecified atom stereocenters. The number of hydrogen-bond donors (Lipinski definition) is 2. The number of aliphatic carboxylic acids is 1. The average Bonchev–Trinajstić information content (AvgIpc) is 3.34. The maximum absolute atomic E-state index is 12.4. The van der Waals surface area contributed by atoms with E-state index in [0.29, 0.717) is 29.0 Å². The molecule has 0 saturated heterocycles. The van der Waals surface area contributed by atoms with Gasteiger partial charge in [0.15, 0.2) is 5.78 Å². The van der Waals surface area contributed by atoms with E-state index in [1.165, 1.54) is 6.92 Å². The van der Waals surface area contributed by atoms with Crippen molar-refractivity contribution in [1.82, 2.24) is 9.71 Å². The zero-order valence-electron chi connectivity index (χ0n) is 21.7. The molecule has 4 aromatic rings. The zero-order valence-corrected chi connectivity index (χ0v) is 22.6. The van der Waals surface area contributed by atoms with Gasteiger partial charge < -0.3 is 14.3 Å². The lowest BCUT2D eigenvalue weighted by atomic mass is 10.0. The molecule has 2 heterocycles. The van der Waals surface area contributed by atoms with Crippen LogP contribution >= 0.6 is 0 Å². The molecular weight excluding hydrogens is 504 g/mol. The summed E-state index contributed by atoms with van der Waals surface area (Å²) in [5, 5.41) is 10.2. The van der Waals surface area contributed by atoms with E-state index < -0.39 is 17.0 Å². The molecule has 2 aromatic carbocycles. The topological polar surface area (TPSA) is 119 Å². The van der Waals surface area contributed by atoms with Gasteiger partial charge in [0.05, 0.1) is 40.7 Å². The van der Waals surface area contributed by atoms with Crippen LogP contribution in [0.3, 0.4) is 0 Å². The maximum Gasteiger partial charge on any atom is 0.307 e. The number of nitrogens with zero attached hydrogens (tertiary/aromatic N) is 1. The Kier molecular flexibility index (Phi) is 8.08. The van der Waals surface area contributed by atoms with Gasteiger partial charge in [0.2, 0.25) is 0 Å². The summed E-state index contributed by atoms with van der Waals surface area (Å²) < 4.78 is 26.9. The lowest BCUT2D eigenvalue weighted by molar-refractivity contribution is -0.136. The summed E-state index contributed by atoms with van der Waals surface area (Å²) in [7, 11) is -1.22. The van der Waals surface area contributed by atoms with Crippen molar-refractivity contribution >= 4 is 33.7 Å². The first-order chi connectivity index (χ1) is 18.0. The van der Waals surface area contributed by atoms with Gasteiger partial charge in [-0.2, -0.15) is 0 Å². The Morgan fingerprint density at radius 2 is 1.89 bits per heavy atom. The fourth-order valence-electron chi connectivity index (χ4n) is 3.92. The molecule has 0 saturated carbocycles. The molecule has 0 bridgehead atoms. The third-order valence-electron chi connectivity index (χ3n) is 5.89. The molecule has 0 aliphatic rings. The Bertz CT molecular complexity index is 1520. The number of aromatic nitrogens is 1. The number of furan rings is 1. The number of fused-ring (bicyclic) bond motifs is 1. The molecule has 0 spiro atoms. The molecule has 198 valence electrons. The molecule has 0 fully saturated rings.